The number of H-pyrrole nitrogens is 1. The monoisotopic (exact) mass is 496 g/mol. The van der Waals surface area contributed by atoms with Gasteiger partial charge in [-0.15, -0.1) is 5.10 Å². The molecule has 1 N–H and O–H groups in total. The molecular formula is C30H36N6O. The summed E-state index contributed by atoms with van der Waals surface area (Å²) in [5.74, 6) is 1.46. The van der Waals surface area contributed by atoms with Crippen LogP contribution in [-0.2, 0) is 6.42 Å². The van der Waals surface area contributed by atoms with Crippen LogP contribution in [0.25, 0.3) is 10.9 Å². The lowest BCUT2D eigenvalue weighted by Crippen LogP contribution is -2.41. The Morgan fingerprint density at radius 3 is 2.54 bits per heavy atom. The SMILES string of the molecule is Cc1ccc2[nH]c(=O)c(C(c3nnnn3C3CCCCC3)N3CCC(Cc4ccccc4)CC3)cc2c1. The molecular weight excluding hydrogens is 460 g/mol. The number of pyridine rings is 1. The number of hydrogen-bond donors (Lipinski definition) is 1. The highest BCUT2D eigenvalue weighted by Gasteiger charge is 2.34. The summed E-state index contributed by atoms with van der Waals surface area (Å²) in [6, 6.07) is 19.1. The second kappa shape index (κ2) is 10.6. The summed E-state index contributed by atoms with van der Waals surface area (Å²) in [5, 5.41) is 14.2. The molecule has 3 heterocycles. The lowest BCUT2D eigenvalue weighted by Gasteiger charge is -2.37. The van der Waals surface area contributed by atoms with E-state index in [9.17, 15) is 4.79 Å². The van der Waals surface area contributed by atoms with E-state index in [4.69, 9.17) is 0 Å². The van der Waals surface area contributed by atoms with Crippen LogP contribution in [0.3, 0.4) is 0 Å². The number of likely N-dealkylation sites (tertiary alicyclic amines) is 1. The van der Waals surface area contributed by atoms with Crippen LogP contribution in [0, 0.1) is 12.8 Å². The van der Waals surface area contributed by atoms with Crippen LogP contribution in [0.4, 0.5) is 0 Å². The van der Waals surface area contributed by atoms with Gasteiger partial charge < -0.3 is 4.98 Å². The van der Waals surface area contributed by atoms with E-state index in [0.717, 1.165) is 67.5 Å². The summed E-state index contributed by atoms with van der Waals surface area (Å²) in [6.45, 7) is 3.93. The summed E-state index contributed by atoms with van der Waals surface area (Å²) in [6.07, 6.45) is 9.17. The Hall–Kier alpha value is -3.32. The molecule has 37 heavy (non-hydrogen) atoms. The van der Waals surface area contributed by atoms with E-state index in [0.29, 0.717) is 12.0 Å². The number of tetrazole rings is 1. The van der Waals surface area contributed by atoms with E-state index in [1.54, 1.807) is 0 Å². The van der Waals surface area contributed by atoms with E-state index in [1.165, 1.54) is 30.4 Å². The minimum atomic E-state index is -0.261. The van der Waals surface area contributed by atoms with Crippen LogP contribution in [0.1, 0.15) is 79.5 Å². The third-order valence-corrected chi connectivity index (χ3v) is 8.39. The number of aromatic amines is 1. The molecule has 0 spiro atoms. The topological polar surface area (TPSA) is 79.7 Å². The van der Waals surface area contributed by atoms with E-state index < -0.39 is 0 Å². The minimum Gasteiger partial charge on any atom is -0.322 e. The van der Waals surface area contributed by atoms with Crippen molar-refractivity contribution >= 4 is 10.9 Å². The summed E-state index contributed by atoms with van der Waals surface area (Å²) in [7, 11) is 0. The van der Waals surface area contributed by atoms with E-state index in [-0.39, 0.29) is 11.6 Å². The molecule has 1 saturated heterocycles. The maximum absolute atomic E-state index is 13.5. The van der Waals surface area contributed by atoms with Gasteiger partial charge in [-0.2, -0.15) is 0 Å². The van der Waals surface area contributed by atoms with Crippen molar-refractivity contribution in [3.05, 3.63) is 87.5 Å². The van der Waals surface area contributed by atoms with Gasteiger partial charge in [-0.3, -0.25) is 9.69 Å². The summed E-state index contributed by atoms with van der Waals surface area (Å²) in [4.78, 5) is 19.1. The van der Waals surface area contributed by atoms with Crippen molar-refractivity contribution in [3.63, 3.8) is 0 Å². The number of aryl methyl sites for hydroxylation is 1. The molecule has 6 rings (SSSR count). The molecule has 2 aliphatic rings. The molecule has 1 unspecified atom stereocenters. The largest absolute Gasteiger partial charge is 0.322 e. The number of benzene rings is 2. The van der Waals surface area contributed by atoms with Crippen LogP contribution < -0.4 is 5.56 Å². The molecule has 0 bridgehead atoms. The molecule has 1 saturated carbocycles. The number of fused-ring (bicyclic) bond motifs is 1. The fraction of sp³-hybridized carbons (Fsp3) is 0.467. The van der Waals surface area contributed by atoms with E-state index >= 15 is 0 Å². The zero-order chi connectivity index (χ0) is 25.2. The fourth-order valence-corrected chi connectivity index (χ4v) is 6.37. The second-order valence-electron chi connectivity index (χ2n) is 11.0. The molecule has 0 radical (unpaired) electrons. The molecule has 7 heteroatoms. The molecule has 4 aromatic rings. The zero-order valence-electron chi connectivity index (χ0n) is 21.6. The summed E-state index contributed by atoms with van der Waals surface area (Å²) >= 11 is 0. The van der Waals surface area contributed by atoms with Gasteiger partial charge in [0, 0.05) is 11.1 Å². The third-order valence-electron chi connectivity index (χ3n) is 8.39. The molecule has 1 aliphatic heterocycles. The Bertz CT molecular complexity index is 1400. The normalized spacial score (nSPS) is 18.8. The molecule has 1 atom stereocenters. The van der Waals surface area contributed by atoms with Gasteiger partial charge in [-0.05, 0) is 97.6 Å². The lowest BCUT2D eigenvalue weighted by atomic mass is 9.88. The number of nitrogens with zero attached hydrogens (tertiary/aromatic N) is 5. The molecule has 2 aromatic heterocycles. The first-order chi connectivity index (χ1) is 18.2. The number of rotatable bonds is 6. The van der Waals surface area contributed by atoms with Crippen molar-refractivity contribution in [1.82, 2.24) is 30.1 Å². The van der Waals surface area contributed by atoms with Gasteiger partial charge in [-0.25, -0.2) is 4.68 Å². The van der Waals surface area contributed by atoms with Crippen molar-refractivity contribution in [2.45, 2.75) is 70.4 Å². The average molecular weight is 497 g/mol. The number of piperidine rings is 1. The summed E-state index contributed by atoms with van der Waals surface area (Å²) < 4.78 is 2.04. The predicted molar refractivity (Wildman–Crippen MR) is 146 cm³/mol. The van der Waals surface area contributed by atoms with Crippen LogP contribution in [0.2, 0.25) is 0 Å². The molecule has 2 aromatic carbocycles. The maximum atomic E-state index is 13.5. The molecule has 2 fully saturated rings. The van der Waals surface area contributed by atoms with Crippen LogP contribution in [-0.4, -0.2) is 43.2 Å². The van der Waals surface area contributed by atoms with Gasteiger partial charge in [0.15, 0.2) is 5.82 Å². The van der Waals surface area contributed by atoms with Crippen molar-refractivity contribution in [3.8, 4) is 0 Å². The fourth-order valence-electron chi connectivity index (χ4n) is 6.37. The highest BCUT2D eigenvalue weighted by molar-refractivity contribution is 5.79. The first-order valence-electron chi connectivity index (χ1n) is 13.8. The Morgan fingerprint density at radius 2 is 1.76 bits per heavy atom. The van der Waals surface area contributed by atoms with Gasteiger partial charge in [0.1, 0.15) is 6.04 Å². The smallest absolute Gasteiger partial charge is 0.253 e. The first-order valence-corrected chi connectivity index (χ1v) is 13.8. The third kappa shape index (κ3) is 5.10. The van der Waals surface area contributed by atoms with Crippen molar-refractivity contribution < 1.29 is 0 Å². The predicted octanol–water partition coefficient (Wildman–Crippen LogP) is 5.37. The van der Waals surface area contributed by atoms with Gasteiger partial charge in [0.25, 0.3) is 5.56 Å². The number of hydrogen-bond acceptors (Lipinski definition) is 5. The van der Waals surface area contributed by atoms with Crippen LogP contribution in [0.5, 0.6) is 0 Å². The Balaban J connectivity index is 1.35. The van der Waals surface area contributed by atoms with Gasteiger partial charge in [0.2, 0.25) is 0 Å². The average Bonchev–Trinajstić information content (AvgIpc) is 3.41. The molecule has 1 aliphatic carbocycles. The minimum absolute atomic E-state index is 0.0500. The highest BCUT2D eigenvalue weighted by Crippen LogP contribution is 2.35. The highest BCUT2D eigenvalue weighted by atomic mass is 16.1. The first kappa shape index (κ1) is 24.0. The number of nitrogens with one attached hydrogen (secondary N) is 1. The second-order valence-corrected chi connectivity index (χ2v) is 11.0. The Labute approximate surface area is 217 Å². The Kier molecular flexibility index (Phi) is 6.87. The number of aromatic nitrogens is 5. The van der Waals surface area contributed by atoms with Gasteiger partial charge in [-0.1, -0.05) is 61.2 Å². The van der Waals surface area contributed by atoms with Crippen LogP contribution in [0.15, 0.2) is 59.4 Å². The standard InChI is InChI=1S/C30H36N6O/c1-21-12-13-27-24(18-21)20-26(30(37)31-27)28(29-32-33-34-36(29)25-10-6-3-7-11-25)35-16-14-23(15-17-35)19-22-8-4-2-5-9-22/h2,4-5,8-9,12-13,18,20,23,25,28H,3,6-7,10-11,14-17,19H2,1H3,(H,31,37). The van der Waals surface area contributed by atoms with Crippen LogP contribution >= 0.6 is 0 Å². The maximum Gasteiger partial charge on any atom is 0.253 e. The van der Waals surface area contributed by atoms with Gasteiger partial charge >= 0.3 is 0 Å². The van der Waals surface area contributed by atoms with E-state index in [2.05, 4.69) is 74.8 Å². The molecule has 0 amide bonds. The van der Waals surface area contributed by atoms with E-state index in [1.807, 2.05) is 16.8 Å². The van der Waals surface area contributed by atoms with Crippen molar-refractivity contribution in [1.29, 1.82) is 0 Å². The van der Waals surface area contributed by atoms with Crippen molar-refractivity contribution in [2.75, 3.05) is 13.1 Å². The molecule has 7 nitrogen and oxygen atoms in total. The summed E-state index contributed by atoms with van der Waals surface area (Å²) in [5.41, 5.74) is 4.14. The quantitative estimate of drug-likeness (QED) is 0.388. The van der Waals surface area contributed by atoms with Gasteiger partial charge in [0.05, 0.1) is 6.04 Å². The van der Waals surface area contributed by atoms with Crippen molar-refractivity contribution in [2.24, 2.45) is 5.92 Å². The lowest BCUT2D eigenvalue weighted by molar-refractivity contribution is 0.140. The zero-order valence-corrected chi connectivity index (χ0v) is 21.6. The Morgan fingerprint density at radius 1 is 0.973 bits per heavy atom. The molecule has 192 valence electrons.